The monoisotopic (exact) mass is 615 g/mol. The number of hydrazine groups is 1. The van der Waals surface area contributed by atoms with Crippen LogP contribution in [0.3, 0.4) is 0 Å². The van der Waals surface area contributed by atoms with E-state index in [1.54, 1.807) is 6.07 Å². The van der Waals surface area contributed by atoms with E-state index in [1.807, 2.05) is 0 Å². The molecule has 16 heteroatoms. The first-order valence-electron chi connectivity index (χ1n) is 13.1. The molecule has 0 fully saturated rings. The molecule has 5 N–H and O–H groups in total. The van der Waals surface area contributed by atoms with Gasteiger partial charge in [0.2, 0.25) is 5.91 Å². The Hall–Kier alpha value is -5.38. The van der Waals surface area contributed by atoms with E-state index < -0.39 is 84.4 Å². The lowest BCUT2D eigenvalue weighted by molar-refractivity contribution is -0.168. The lowest BCUT2D eigenvalue weighted by Gasteiger charge is -2.36. The van der Waals surface area contributed by atoms with Crippen molar-refractivity contribution in [2.75, 3.05) is 14.2 Å². The second-order valence-electron chi connectivity index (χ2n) is 9.65. The summed E-state index contributed by atoms with van der Waals surface area (Å²) in [6.07, 6.45) is -2.16. The van der Waals surface area contributed by atoms with Crippen molar-refractivity contribution in [2.45, 2.75) is 44.3 Å². The molecular weight excluding hydrogens is 585 g/mol. The quantitative estimate of drug-likeness (QED) is 0.152. The minimum Gasteiger partial charge on any atom is -0.481 e. The molecule has 2 aromatic carbocycles. The molecule has 0 unspecified atom stereocenters. The zero-order valence-corrected chi connectivity index (χ0v) is 23.7. The molecule has 15 nitrogen and oxygen atoms in total. The first-order chi connectivity index (χ1) is 20.8. The summed E-state index contributed by atoms with van der Waals surface area (Å²) < 4.78 is 19.0. The zero-order chi connectivity index (χ0) is 32.6. The summed E-state index contributed by atoms with van der Waals surface area (Å²) >= 11 is 0. The zero-order valence-electron chi connectivity index (χ0n) is 23.7. The van der Waals surface area contributed by atoms with Crippen molar-refractivity contribution in [3.63, 3.8) is 0 Å². The van der Waals surface area contributed by atoms with Gasteiger partial charge in [-0.1, -0.05) is 18.2 Å². The minimum atomic E-state index is -1.66. The summed E-state index contributed by atoms with van der Waals surface area (Å²) in [7, 11) is 2.70. The summed E-state index contributed by atoms with van der Waals surface area (Å²) in [5, 5.41) is 33.1. The van der Waals surface area contributed by atoms with E-state index in [1.165, 1.54) is 43.4 Å². The molecular formula is C28H30FN5O10. The maximum Gasteiger partial charge on any atom is 0.328 e. The van der Waals surface area contributed by atoms with Crippen LogP contribution in [0, 0.1) is 5.82 Å². The Morgan fingerprint density at radius 3 is 2.34 bits per heavy atom. The molecule has 0 spiro atoms. The molecule has 0 aliphatic carbocycles. The fourth-order valence-electron chi connectivity index (χ4n) is 4.43. The van der Waals surface area contributed by atoms with Crippen molar-refractivity contribution in [1.82, 2.24) is 25.3 Å². The van der Waals surface area contributed by atoms with E-state index in [4.69, 9.17) is 9.84 Å². The van der Waals surface area contributed by atoms with Gasteiger partial charge in [0.05, 0.1) is 23.6 Å². The number of aromatic amines is 1. The summed E-state index contributed by atoms with van der Waals surface area (Å²) in [5.74, 6) is -7.13. The highest BCUT2D eigenvalue weighted by atomic mass is 19.1. The number of nitrogens with one attached hydrogen (secondary N) is 2. The van der Waals surface area contributed by atoms with Gasteiger partial charge < -0.3 is 25.4 Å². The second-order valence-corrected chi connectivity index (χ2v) is 9.65. The summed E-state index contributed by atoms with van der Waals surface area (Å²) in [5.41, 5.74) is -0.148. The van der Waals surface area contributed by atoms with Crippen molar-refractivity contribution in [1.29, 1.82) is 0 Å². The number of aliphatic carboxylic acids is 3. The number of H-pyrrole nitrogens is 1. The maximum absolute atomic E-state index is 14.0. The first-order valence-corrected chi connectivity index (χ1v) is 13.1. The second kappa shape index (κ2) is 14.7. The van der Waals surface area contributed by atoms with Crippen LogP contribution in [0.15, 0.2) is 47.3 Å². The molecule has 1 heterocycles. The molecule has 0 bridgehead atoms. The van der Waals surface area contributed by atoms with Crippen molar-refractivity contribution in [3.05, 3.63) is 69.8 Å². The Balaban J connectivity index is 1.86. The van der Waals surface area contributed by atoms with Gasteiger partial charge in [0.25, 0.3) is 17.5 Å². The highest BCUT2D eigenvalue weighted by Gasteiger charge is 2.34. The van der Waals surface area contributed by atoms with Crippen LogP contribution in [0.4, 0.5) is 4.39 Å². The molecule has 2 amide bonds. The number of carboxylic acids is 3. The number of nitrogens with zero attached hydrogens (tertiary/aromatic N) is 3. The third-order valence-corrected chi connectivity index (χ3v) is 6.56. The van der Waals surface area contributed by atoms with Gasteiger partial charge in [-0.3, -0.25) is 29.2 Å². The maximum atomic E-state index is 14.0. The van der Waals surface area contributed by atoms with E-state index in [9.17, 15) is 43.4 Å². The average molecular weight is 616 g/mol. The van der Waals surface area contributed by atoms with E-state index in [-0.39, 0.29) is 17.9 Å². The lowest BCUT2D eigenvalue weighted by Crippen LogP contribution is -2.53. The fraction of sp³-hybridized carbons (Fsp3) is 0.321. The largest absolute Gasteiger partial charge is 0.481 e. The third kappa shape index (κ3) is 8.34. The number of methoxy groups -OCH3 is 1. The van der Waals surface area contributed by atoms with Gasteiger partial charge in [0.15, 0.2) is 0 Å². The van der Waals surface area contributed by atoms with Crippen LogP contribution in [-0.2, 0) is 25.7 Å². The molecule has 0 radical (unpaired) electrons. The van der Waals surface area contributed by atoms with Gasteiger partial charge in [0, 0.05) is 26.4 Å². The SMILES string of the molecule is COc1nc2ccc(CN(C)N(C(=O)CC[C@H](NC(=O)c3ccccc3F)C(=O)O)[C@H](CCC(=O)O)C(=O)O)cc2c(=O)[nH]1. The Morgan fingerprint density at radius 1 is 1.02 bits per heavy atom. The smallest absolute Gasteiger partial charge is 0.328 e. The third-order valence-electron chi connectivity index (χ3n) is 6.56. The van der Waals surface area contributed by atoms with Gasteiger partial charge in [-0.05, 0) is 42.7 Å². The number of rotatable bonds is 15. The number of carbonyl (C=O) groups excluding carboxylic acids is 2. The summed E-state index contributed by atoms with van der Waals surface area (Å²) in [4.78, 5) is 80.3. The van der Waals surface area contributed by atoms with Crippen LogP contribution in [-0.4, -0.2) is 91.3 Å². The summed E-state index contributed by atoms with van der Waals surface area (Å²) in [6.45, 7) is -0.129. The van der Waals surface area contributed by atoms with Crippen LogP contribution in [0.5, 0.6) is 6.01 Å². The number of aromatic nitrogens is 2. The van der Waals surface area contributed by atoms with E-state index in [0.29, 0.717) is 11.1 Å². The molecule has 234 valence electrons. The normalized spacial score (nSPS) is 12.4. The molecule has 0 saturated heterocycles. The standard InChI is InChI=1S/C28H30FN5O10/c1-33(14-15-7-8-19-17(13-15)25(39)32-28(31-19)44-2)34(21(27(42)43)10-12-23(36)37)22(35)11-9-20(26(40)41)30-24(38)16-5-3-4-6-18(16)29/h3-8,13,20-21H,9-12,14H2,1-2H3,(H,30,38)(H,36,37)(H,40,41)(H,42,43)(H,31,32,39)/t20-,21+/m0/s1. The number of hydrogen-bond donors (Lipinski definition) is 5. The van der Waals surface area contributed by atoms with Gasteiger partial charge in [-0.2, -0.15) is 4.98 Å². The Kier molecular flexibility index (Phi) is 11.1. The highest BCUT2D eigenvalue weighted by Crippen LogP contribution is 2.19. The molecule has 1 aromatic heterocycles. The Bertz CT molecular complexity index is 1630. The number of carboxylic acid groups (broad SMARTS) is 3. The van der Waals surface area contributed by atoms with Crippen molar-refractivity contribution < 1.29 is 48.4 Å². The number of halogens is 1. The average Bonchev–Trinajstić information content (AvgIpc) is 2.96. The van der Waals surface area contributed by atoms with Gasteiger partial charge >= 0.3 is 17.9 Å². The van der Waals surface area contributed by atoms with Crippen LogP contribution < -0.4 is 15.6 Å². The van der Waals surface area contributed by atoms with Crippen molar-refractivity contribution in [3.8, 4) is 6.01 Å². The van der Waals surface area contributed by atoms with Crippen LogP contribution in [0.2, 0.25) is 0 Å². The molecule has 0 saturated carbocycles. The predicted octanol–water partition coefficient (Wildman–Crippen LogP) is 1.23. The summed E-state index contributed by atoms with van der Waals surface area (Å²) in [6, 6.07) is 6.18. The van der Waals surface area contributed by atoms with Crippen LogP contribution in [0.1, 0.15) is 41.6 Å². The fourth-order valence-corrected chi connectivity index (χ4v) is 4.43. The number of carbonyl (C=O) groups is 5. The number of amides is 2. The van der Waals surface area contributed by atoms with E-state index >= 15 is 0 Å². The molecule has 44 heavy (non-hydrogen) atoms. The lowest BCUT2D eigenvalue weighted by atomic mass is 10.1. The molecule has 0 aliphatic heterocycles. The van der Waals surface area contributed by atoms with Gasteiger partial charge in [0.1, 0.15) is 17.9 Å². The Morgan fingerprint density at radius 2 is 1.73 bits per heavy atom. The number of ether oxygens (including phenoxy) is 1. The van der Waals surface area contributed by atoms with E-state index in [2.05, 4.69) is 15.3 Å². The highest BCUT2D eigenvalue weighted by molar-refractivity contribution is 5.97. The molecule has 3 rings (SSSR count). The minimum absolute atomic E-state index is 0.00312. The van der Waals surface area contributed by atoms with Gasteiger partial charge in [-0.15, -0.1) is 0 Å². The van der Waals surface area contributed by atoms with E-state index in [0.717, 1.165) is 17.1 Å². The predicted molar refractivity (Wildman–Crippen MR) is 150 cm³/mol. The van der Waals surface area contributed by atoms with Gasteiger partial charge in [-0.25, -0.2) is 19.0 Å². The molecule has 3 aromatic rings. The van der Waals surface area contributed by atoms with Crippen molar-refractivity contribution in [2.24, 2.45) is 0 Å². The van der Waals surface area contributed by atoms with Crippen LogP contribution in [0.25, 0.3) is 10.9 Å². The topological polar surface area (TPSA) is 220 Å². The number of fused-ring (bicyclic) bond motifs is 1. The number of benzene rings is 2. The molecule has 2 atom stereocenters. The molecule has 0 aliphatic rings. The number of hydrogen-bond acceptors (Lipinski definition) is 9. The van der Waals surface area contributed by atoms with Crippen molar-refractivity contribution >= 4 is 40.6 Å². The van der Waals surface area contributed by atoms with Crippen LogP contribution >= 0.6 is 0 Å². The first kappa shape index (κ1) is 33.1. The Labute approximate surface area is 248 Å².